The second-order valence-corrected chi connectivity index (χ2v) is 8.43. The number of nitrogens with zero attached hydrogens (tertiary/aromatic N) is 3. The normalized spacial score (nSPS) is 15.3. The Bertz CT molecular complexity index is 1380. The molecule has 0 aliphatic carbocycles. The first-order valence-electron chi connectivity index (χ1n) is 11.3. The topological polar surface area (TPSA) is 97.6 Å². The molecular weight excluding hydrogens is 444 g/mol. The molecule has 0 spiro atoms. The molecule has 1 aliphatic rings. The van der Waals surface area contributed by atoms with E-state index in [2.05, 4.69) is 15.5 Å². The van der Waals surface area contributed by atoms with Gasteiger partial charge in [0.25, 0.3) is 5.89 Å². The van der Waals surface area contributed by atoms with Crippen molar-refractivity contribution < 1.29 is 18.8 Å². The lowest BCUT2D eigenvalue weighted by atomic mass is 10.1. The van der Waals surface area contributed by atoms with Gasteiger partial charge in [0.05, 0.1) is 24.3 Å². The van der Waals surface area contributed by atoms with Crippen molar-refractivity contribution in [3.63, 3.8) is 0 Å². The molecule has 5 rings (SSSR count). The van der Waals surface area contributed by atoms with Gasteiger partial charge in [-0.05, 0) is 49.4 Å². The molecule has 4 aromatic rings. The summed E-state index contributed by atoms with van der Waals surface area (Å²) in [5.74, 6) is 0.672. The fourth-order valence-corrected chi connectivity index (χ4v) is 4.14. The molecule has 3 aromatic carbocycles. The number of methoxy groups -OCH3 is 1. The molecular formula is C27H24N4O4. The summed E-state index contributed by atoms with van der Waals surface area (Å²) in [5.41, 5.74) is 3.85. The van der Waals surface area contributed by atoms with E-state index < -0.39 is 5.92 Å². The van der Waals surface area contributed by atoms with Crippen LogP contribution < -0.4 is 15.0 Å². The largest absolute Gasteiger partial charge is 0.497 e. The fraction of sp³-hybridized carbons (Fsp3) is 0.185. The monoisotopic (exact) mass is 468 g/mol. The minimum atomic E-state index is -0.483. The third-order valence-electron chi connectivity index (χ3n) is 6.00. The van der Waals surface area contributed by atoms with Gasteiger partial charge in [0.15, 0.2) is 0 Å². The summed E-state index contributed by atoms with van der Waals surface area (Å²) >= 11 is 0. The Kier molecular flexibility index (Phi) is 6.01. The number of hydrogen-bond acceptors (Lipinski definition) is 6. The van der Waals surface area contributed by atoms with E-state index >= 15 is 0 Å². The van der Waals surface area contributed by atoms with Crippen molar-refractivity contribution in [3.05, 3.63) is 78.4 Å². The molecule has 0 bridgehead atoms. The Morgan fingerprint density at radius 2 is 1.89 bits per heavy atom. The molecule has 2 heterocycles. The lowest BCUT2D eigenvalue weighted by molar-refractivity contribution is -0.122. The van der Waals surface area contributed by atoms with Crippen molar-refractivity contribution >= 4 is 23.2 Å². The van der Waals surface area contributed by atoms with Gasteiger partial charge < -0.3 is 19.5 Å². The average Bonchev–Trinajstić information content (AvgIpc) is 3.52. The van der Waals surface area contributed by atoms with Crippen LogP contribution >= 0.6 is 0 Å². The number of carbonyl (C=O) groups excluding carboxylic acids is 2. The fourth-order valence-electron chi connectivity index (χ4n) is 4.14. The van der Waals surface area contributed by atoms with Crippen LogP contribution in [0.5, 0.6) is 5.75 Å². The second kappa shape index (κ2) is 9.42. The number of rotatable bonds is 6. The van der Waals surface area contributed by atoms with Crippen molar-refractivity contribution in [3.8, 4) is 28.6 Å². The van der Waals surface area contributed by atoms with E-state index in [0.29, 0.717) is 35.3 Å². The van der Waals surface area contributed by atoms with Crippen LogP contribution in [0.4, 0.5) is 11.4 Å². The van der Waals surface area contributed by atoms with Crippen LogP contribution in [0, 0.1) is 12.8 Å². The smallest absolute Gasteiger partial charge is 0.260 e. The van der Waals surface area contributed by atoms with Crippen LogP contribution in [0.2, 0.25) is 0 Å². The van der Waals surface area contributed by atoms with Gasteiger partial charge in [0.1, 0.15) is 5.75 Å². The quantitative estimate of drug-likeness (QED) is 0.440. The lowest BCUT2D eigenvalue weighted by Crippen LogP contribution is -2.28. The molecule has 35 heavy (non-hydrogen) atoms. The summed E-state index contributed by atoms with van der Waals surface area (Å²) < 4.78 is 10.7. The number of ether oxygens (including phenoxy) is 1. The lowest BCUT2D eigenvalue weighted by Gasteiger charge is -2.17. The summed E-state index contributed by atoms with van der Waals surface area (Å²) in [6.45, 7) is 2.30. The molecule has 8 nitrogen and oxygen atoms in total. The molecule has 0 unspecified atom stereocenters. The summed E-state index contributed by atoms with van der Waals surface area (Å²) in [6, 6.07) is 22.3. The average molecular weight is 469 g/mol. The van der Waals surface area contributed by atoms with E-state index in [-0.39, 0.29) is 18.2 Å². The maximum Gasteiger partial charge on any atom is 0.260 e. The molecule has 1 aliphatic heterocycles. The van der Waals surface area contributed by atoms with Crippen LogP contribution in [-0.2, 0) is 9.59 Å². The van der Waals surface area contributed by atoms with Crippen molar-refractivity contribution in [2.75, 3.05) is 23.9 Å². The zero-order valence-corrected chi connectivity index (χ0v) is 19.4. The first kappa shape index (κ1) is 22.3. The number of anilines is 2. The molecule has 1 saturated heterocycles. The first-order chi connectivity index (χ1) is 17.0. The number of carbonyl (C=O) groups is 2. The molecule has 0 saturated carbocycles. The highest BCUT2D eigenvalue weighted by molar-refractivity contribution is 6.04. The maximum absolute atomic E-state index is 13.1. The number of hydrogen-bond donors (Lipinski definition) is 1. The Morgan fingerprint density at radius 1 is 1.09 bits per heavy atom. The summed E-state index contributed by atoms with van der Waals surface area (Å²) in [6.07, 6.45) is 0.137. The van der Waals surface area contributed by atoms with Crippen LogP contribution in [0.3, 0.4) is 0 Å². The van der Waals surface area contributed by atoms with Crippen molar-refractivity contribution in [1.29, 1.82) is 0 Å². The third-order valence-corrected chi connectivity index (χ3v) is 6.00. The number of aromatic nitrogens is 2. The Balaban J connectivity index is 1.33. The van der Waals surface area contributed by atoms with E-state index in [9.17, 15) is 9.59 Å². The third kappa shape index (κ3) is 4.63. The maximum atomic E-state index is 13.1. The Morgan fingerprint density at radius 3 is 2.66 bits per heavy atom. The van der Waals surface area contributed by atoms with Gasteiger partial charge in [0, 0.05) is 24.2 Å². The highest BCUT2D eigenvalue weighted by Gasteiger charge is 2.35. The van der Waals surface area contributed by atoms with E-state index in [1.165, 1.54) is 0 Å². The standard InChI is InChI=1S/C27H24N4O4/c1-17-6-5-7-18(14-17)25-29-27(35-30-25)22-8-3-4-9-23(22)28-26(33)19-15-24(32)31(16-19)20-10-12-21(34-2)13-11-20/h3-14,19H,15-16H2,1-2H3,(H,28,33)/t19-/m0/s1. The van der Waals surface area contributed by atoms with E-state index in [0.717, 1.165) is 16.8 Å². The zero-order chi connectivity index (χ0) is 24.4. The van der Waals surface area contributed by atoms with Gasteiger partial charge >= 0.3 is 0 Å². The molecule has 8 heteroatoms. The van der Waals surface area contributed by atoms with Gasteiger partial charge in [-0.25, -0.2) is 0 Å². The first-order valence-corrected chi connectivity index (χ1v) is 11.3. The summed E-state index contributed by atoms with van der Waals surface area (Å²) in [7, 11) is 1.59. The number of amides is 2. The number of aryl methyl sites for hydroxylation is 1. The highest BCUT2D eigenvalue weighted by atomic mass is 16.5. The zero-order valence-electron chi connectivity index (χ0n) is 19.4. The molecule has 1 atom stereocenters. The molecule has 0 radical (unpaired) electrons. The molecule has 2 amide bonds. The van der Waals surface area contributed by atoms with Crippen LogP contribution in [0.25, 0.3) is 22.8 Å². The molecule has 1 aromatic heterocycles. The van der Waals surface area contributed by atoms with E-state index in [1.54, 1.807) is 30.2 Å². The summed E-state index contributed by atoms with van der Waals surface area (Å²) in [5, 5.41) is 7.06. The predicted octanol–water partition coefficient (Wildman–Crippen LogP) is 4.71. The molecule has 1 N–H and O–H groups in total. The highest BCUT2D eigenvalue weighted by Crippen LogP contribution is 2.31. The van der Waals surface area contributed by atoms with Crippen LogP contribution in [-0.4, -0.2) is 35.6 Å². The van der Waals surface area contributed by atoms with Gasteiger partial charge in [0.2, 0.25) is 17.6 Å². The predicted molar refractivity (Wildman–Crippen MR) is 132 cm³/mol. The number of nitrogens with one attached hydrogen (secondary N) is 1. The van der Waals surface area contributed by atoms with Crippen LogP contribution in [0.1, 0.15) is 12.0 Å². The minimum Gasteiger partial charge on any atom is -0.497 e. The van der Waals surface area contributed by atoms with E-state index in [4.69, 9.17) is 9.26 Å². The molecule has 176 valence electrons. The van der Waals surface area contributed by atoms with Gasteiger partial charge in [-0.15, -0.1) is 0 Å². The summed E-state index contributed by atoms with van der Waals surface area (Å²) in [4.78, 5) is 31.9. The van der Waals surface area contributed by atoms with Gasteiger partial charge in [-0.3, -0.25) is 9.59 Å². The van der Waals surface area contributed by atoms with Crippen LogP contribution in [0.15, 0.2) is 77.3 Å². The van der Waals surface area contributed by atoms with Crippen molar-refractivity contribution in [2.45, 2.75) is 13.3 Å². The van der Waals surface area contributed by atoms with Crippen molar-refractivity contribution in [1.82, 2.24) is 10.1 Å². The van der Waals surface area contributed by atoms with Gasteiger partial charge in [-0.1, -0.05) is 41.1 Å². The minimum absolute atomic E-state index is 0.0942. The number of para-hydroxylation sites is 1. The SMILES string of the molecule is COc1ccc(N2C[C@@H](C(=O)Nc3ccccc3-c3nc(-c4cccc(C)c4)no3)CC2=O)cc1. The van der Waals surface area contributed by atoms with E-state index in [1.807, 2.05) is 61.5 Å². The van der Waals surface area contributed by atoms with Crippen molar-refractivity contribution in [2.24, 2.45) is 5.92 Å². The van der Waals surface area contributed by atoms with Gasteiger partial charge in [-0.2, -0.15) is 4.98 Å². The Hall–Kier alpha value is -4.46. The number of benzene rings is 3. The Labute approximate surface area is 202 Å². The second-order valence-electron chi connectivity index (χ2n) is 8.43. The molecule has 1 fully saturated rings.